The lowest BCUT2D eigenvalue weighted by atomic mass is 10.2. The molecule has 2 heterocycles. The van der Waals surface area contributed by atoms with E-state index >= 15 is 0 Å². The minimum atomic E-state index is 0.698. The van der Waals surface area contributed by atoms with Gasteiger partial charge in [-0.3, -0.25) is 0 Å². The topological polar surface area (TPSA) is 38.1 Å². The standard InChI is InChI=1S/C9H12N2O/c1-5-2-8(11-12-5)9-6-3-10-4-7(6)9/h2,6-7,9-10H,3-4H2,1H3. The normalized spacial score (nSPS) is 38.2. The summed E-state index contributed by atoms with van der Waals surface area (Å²) < 4.78 is 5.06. The molecule has 1 aliphatic carbocycles. The molecule has 0 spiro atoms. The van der Waals surface area contributed by atoms with E-state index in [1.165, 1.54) is 18.8 Å². The molecule has 1 N–H and O–H groups in total. The Labute approximate surface area is 71.1 Å². The molecule has 2 fully saturated rings. The molecule has 0 radical (unpaired) electrons. The van der Waals surface area contributed by atoms with E-state index in [0.717, 1.165) is 17.6 Å². The Balaban J connectivity index is 1.84. The fourth-order valence-corrected chi connectivity index (χ4v) is 2.40. The molecule has 12 heavy (non-hydrogen) atoms. The fourth-order valence-electron chi connectivity index (χ4n) is 2.40. The van der Waals surface area contributed by atoms with Crippen molar-refractivity contribution in [1.29, 1.82) is 0 Å². The molecule has 2 unspecified atom stereocenters. The van der Waals surface area contributed by atoms with Crippen molar-refractivity contribution in [2.24, 2.45) is 11.8 Å². The summed E-state index contributed by atoms with van der Waals surface area (Å²) in [6.07, 6.45) is 0. The monoisotopic (exact) mass is 164 g/mol. The van der Waals surface area contributed by atoms with Crippen molar-refractivity contribution >= 4 is 0 Å². The van der Waals surface area contributed by atoms with Gasteiger partial charge in [-0.1, -0.05) is 5.16 Å². The van der Waals surface area contributed by atoms with E-state index in [1.807, 2.05) is 6.92 Å². The molecule has 3 nitrogen and oxygen atoms in total. The molecule has 3 heteroatoms. The summed E-state index contributed by atoms with van der Waals surface area (Å²) in [7, 11) is 0. The summed E-state index contributed by atoms with van der Waals surface area (Å²) in [6.45, 7) is 4.29. The number of hydrogen-bond donors (Lipinski definition) is 1. The lowest BCUT2D eigenvalue weighted by Crippen LogP contribution is -2.14. The fraction of sp³-hybridized carbons (Fsp3) is 0.667. The van der Waals surface area contributed by atoms with Gasteiger partial charge in [0.25, 0.3) is 0 Å². The van der Waals surface area contributed by atoms with Crippen LogP contribution in [-0.2, 0) is 0 Å². The molecule has 1 saturated heterocycles. The van der Waals surface area contributed by atoms with Gasteiger partial charge in [0, 0.05) is 12.0 Å². The average Bonchev–Trinajstić information content (AvgIpc) is 2.55. The van der Waals surface area contributed by atoms with Crippen LogP contribution in [0.25, 0.3) is 0 Å². The minimum Gasteiger partial charge on any atom is -0.361 e. The molecule has 2 aliphatic rings. The van der Waals surface area contributed by atoms with Crippen molar-refractivity contribution in [3.63, 3.8) is 0 Å². The van der Waals surface area contributed by atoms with Gasteiger partial charge >= 0.3 is 0 Å². The van der Waals surface area contributed by atoms with Crippen molar-refractivity contribution in [3.8, 4) is 0 Å². The predicted molar refractivity (Wildman–Crippen MR) is 43.8 cm³/mol. The van der Waals surface area contributed by atoms with Gasteiger partial charge in [0.15, 0.2) is 0 Å². The first-order valence-corrected chi connectivity index (χ1v) is 4.50. The summed E-state index contributed by atoms with van der Waals surface area (Å²) >= 11 is 0. The number of nitrogens with one attached hydrogen (secondary N) is 1. The second-order valence-electron chi connectivity index (χ2n) is 3.87. The van der Waals surface area contributed by atoms with Gasteiger partial charge in [-0.25, -0.2) is 0 Å². The smallest absolute Gasteiger partial charge is 0.133 e. The SMILES string of the molecule is Cc1cc(C2C3CNCC32)no1. The van der Waals surface area contributed by atoms with Gasteiger partial charge in [0.05, 0.1) is 5.69 Å². The number of aromatic nitrogens is 1. The van der Waals surface area contributed by atoms with Crippen LogP contribution in [0.5, 0.6) is 0 Å². The van der Waals surface area contributed by atoms with Crippen molar-refractivity contribution < 1.29 is 4.52 Å². The Morgan fingerprint density at radius 3 is 2.83 bits per heavy atom. The molecule has 3 rings (SSSR count). The number of hydrogen-bond acceptors (Lipinski definition) is 3. The predicted octanol–water partition coefficient (Wildman–Crippen LogP) is 0.916. The zero-order chi connectivity index (χ0) is 8.13. The molecular formula is C9H12N2O. The highest BCUT2D eigenvalue weighted by Gasteiger charge is 2.54. The molecule has 2 atom stereocenters. The molecule has 64 valence electrons. The molecule has 1 saturated carbocycles. The summed E-state index contributed by atoms with van der Waals surface area (Å²) in [5, 5.41) is 7.43. The summed E-state index contributed by atoms with van der Waals surface area (Å²) in [6, 6.07) is 2.07. The third kappa shape index (κ3) is 0.771. The molecule has 1 aromatic rings. The lowest BCUT2D eigenvalue weighted by molar-refractivity contribution is 0.388. The van der Waals surface area contributed by atoms with Gasteiger partial charge in [-0.15, -0.1) is 0 Å². The van der Waals surface area contributed by atoms with Crippen LogP contribution in [0.3, 0.4) is 0 Å². The minimum absolute atomic E-state index is 0.698. The number of fused-ring (bicyclic) bond motifs is 1. The van der Waals surface area contributed by atoms with Crippen molar-refractivity contribution in [1.82, 2.24) is 10.5 Å². The highest BCUT2D eigenvalue weighted by molar-refractivity contribution is 5.24. The Bertz CT molecular complexity index is 297. The Hall–Kier alpha value is -0.830. The first kappa shape index (κ1) is 6.66. The maximum Gasteiger partial charge on any atom is 0.133 e. The molecule has 1 aromatic heterocycles. The van der Waals surface area contributed by atoms with Crippen molar-refractivity contribution in [2.45, 2.75) is 12.8 Å². The van der Waals surface area contributed by atoms with Crippen LogP contribution in [0.4, 0.5) is 0 Å². The number of rotatable bonds is 1. The zero-order valence-corrected chi connectivity index (χ0v) is 7.08. The van der Waals surface area contributed by atoms with E-state index < -0.39 is 0 Å². The zero-order valence-electron chi connectivity index (χ0n) is 7.08. The van der Waals surface area contributed by atoms with Gasteiger partial charge in [0.2, 0.25) is 0 Å². The second kappa shape index (κ2) is 2.10. The van der Waals surface area contributed by atoms with E-state index in [1.54, 1.807) is 0 Å². The van der Waals surface area contributed by atoms with E-state index in [9.17, 15) is 0 Å². The van der Waals surface area contributed by atoms with Gasteiger partial charge < -0.3 is 9.84 Å². The molecule has 0 bridgehead atoms. The highest BCUT2D eigenvalue weighted by atomic mass is 16.5. The molecule has 0 aromatic carbocycles. The third-order valence-electron chi connectivity index (χ3n) is 3.08. The second-order valence-corrected chi connectivity index (χ2v) is 3.87. The largest absolute Gasteiger partial charge is 0.361 e. The number of aryl methyl sites for hydroxylation is 1. The van der Waals surface area contributed by atoms with Crippen molar-refractivity contribution in [2.75, 3.05) is 13.1 Å². The lowest BCUT2D eigenvalue weighted by Gasteiger charge is -1.98. The van der Waals surface area contributed by atoms with E-state index in [0.29, 0.717) is 5.92 Å². The van der Waals surface area contributed by atoms with Crippen LogP contribution in [0, 0.1) is 18.8 Å². The summed E-state index contributed by atoms with van der Waals surface area (Å²) in [5.41, 5.74) is 1.17. The van der Waals surface area contributed by atoms with E-state index in [2.05, 4.69) is 16.5 Å². The van der Waals surface area contributed by atoms with E-state index in [4.69, 9.17) is 4.52 Å². The van der Waals surface area contributed by atoms with Crippen LogP contribution < -0.4 is 5.32 Å². The van der Waals surface area contributed by atoms with Crippen LogP contribution in [0.15, 0.2) is 10.6 Å². The van der Waals surface area contributed by atoms with Gasteiger partial charge in [0.1, 0.15) is 5.76 Å². The van der Waals surface area contributed by atoms with Crippen LogP contribution in [0.1, 0.15) is 17.4 Å². The van der Waals surface area contributed by atoms with Gasteiger partial charge in [-0.2, -0.15) is 0 Å². The Kier molecular flexibility index (Phi) is 1.17. The maximum atomic E-state index is 5.06. The maximum absolute atomic E-state index is 5.06. The average molecular weight is 164 g/mol. The molecule has 1 aliphatic heterocycles. The molecule has 0 amide bonds. The Morgan fingerprint density at radius 1 is 1.50 bits per heavy atom. The highest BCUT2D eigenvalue weighted by Crippen LogP contribution is 2.55. The van der Waals surface area contributed by atoms with Crippen LogP contribution >= 0.6 is 0 Å². The van der Waals surface area contributed by atoms with Gasteiger partial charge in [-0.05, 0) is 31.8 Å². The third-order valence-corrected chi connectivity index (χ3v) is 3.08. The van der Waals surface area contributed by atoms with Crippen LogP contribution in [0.2, 0.25) is 0 Å². The quantitative estimate of drug-likeness (QED) is 0.670. The molecular weight excluding hydrogens is 152 g/mol. The first-order chi connectivity index (χ1) is 5.86. The van der Waals surface area contributed by atoms with Crippen molar-refractivity contribution in [3.05, 3.63) is 17.5 Å². The van der Waals surface area contributed by atoms with E-state index in [-0.39, 0.29) is 0 Å². The number of nitrogens with zero attached hydrogens (tertiary/aromatic N) is 1. The summed E-state index contributed by atoms with van der Waals surface area (Å²) in [4.78, 5) is 0. The number of piperidine rings is 1. The first-order valence-electron chi connectivity index (χ1n) is 4.50. The Morgan fingerprint density at radius 2 is 2.25 bits per heavy atom. The van der Waals surface area contributed by atoms with Crippen LogP contribution in [-0.4, -0.2) is 18.2 Å². The summed E-state index contributed by atoms with van der Waals surface area (Å²) in [5.74, 6) is 3.32.